The molecule has 0 atom stereocenters. The Balaban J connectivity index is 2.43. The van der Waals surface area contributed by atoms with E-state index in [0.717, 1.165) is 13.0 Å². The van der Waals surface area contributed by atoms with Crippen LogP contribution in [0.4, 0.5) is 17.6 Å². The number of nitrogens with one attached hydrogen (secondary N) is 1. The Hall–Kier alpha value is -1.11. The highest BCUT2D eigenvalue weighted by Crippen LogP contribution is 2.21. The first-order chi connectivity index (χ1) is 7.97. The van der Waals surface area contributed by atoms with Crippen molar-refractivity contribution >= 4 is 0 Å². The van der Waals surface area contributed by atoms with Crippen LogP contribution in [0.25, 0.3) is 0 Å². The van der Waals surface area contributed by atoms with Gasteiger partial charge in [-0.2, -0.15) is 8.78 Å². The van der Waals surface area contributed by atoms with Crippen molar-refractivity contribution in [3.63, 3.8) is 0 Å². The van der Waals surface area contributed by atoms with Gasteiger partial charge in [0.1, 0.15) is 0 Å². The van der Waals surface area contributed by atoms with Crippen LogP contribution in [0, 0.1) is 0 Å². The number of aromatic nitrogens is 2. The van der Waals surface area contributed by atoms with E-state index < -0.39 is 18.9 Å². The number of halogens is 4. The Morgan fingerprint density at radius 2 is 2.18 bits per heavy atom. The van der Waals surface area contributed by atoms with Gasteiger partial charge in [-0.1, -0.05) is 6.92 Å². The van der Waals surface area contributed by atoms with Crippen molar-refractivity contribution < 1.29 is 17.6 Å². The van der Waals surface area contributed by atoms with E-state index in [1.165, 1.54) is 6.20 Å². The molecule has 7 heteroatoms. The van der Waals surface area contributed by atoms with Gasteiger partial charge in [-0.3, -0.25) is 0 Å². The van der Waals surface area contributed by atoms with Gasteiger partial charge in [-0.25, -0.2) is 13.8 Å². The highest BCUT2D eigenvalue weighted by molar-refractivity contribution is 4.98. The molecule has 0 aliphatic carbocycles. The second-order valence-electron chi connectivity index (χ2n) is 3.74. The third-order valence-electron chi connectivity index (χ3n) is 2.25. The minimum absolute atomic E-state index is 0.0995. The summed E-state index contributed by atoms with van der Waals surface area (Å²) in [7, 11) is 0. The quantitative estimate of drug-likeness (QED) is 0.755. The molecule has 0 spiro atoms. The molecule has 98 valence electrons. The summed E-state index contributed by atoms with van der Waals surface area (Å²) in [6.07, 6.45) is 0.362. The summed E-state index contributed by atoms with van der Waals surface area (Å²) in [5.41, 5.74) is 0.705. The second-order valence-corrected chi connectivity index (χ2v) is 3.74. The zero-order valence-electron chi connectivity index (χ0n) is 9.47. The van der Waals surface area contributed by atoms with Gasteiger partial charge in [0.25, 0.3) is 0 Å². The van der Waals surface area contributed by atoms with Crippen LogP contribution in [-0.2, 0) is 13.1 Å². The van der Waals surface area contributed by atoms with Gasteiger partial charge in [0.2, 0.25) is 0 Å². The lowest BCUT2D eigenvalue weighted by molar-refractivity contribution is -0.125. The number of hydrogen-bond donors (Lipinski definition) is 1. The van der Waals surface area contributed by atoms with Crippen LogP contribution in [-0.4, -0.2) is 28.4 Å². The minimum Gasteiger partial charge on any atom is -0.333 e. The van der Waals surface area contributed by atoms with Crippen LogP contribution in [0.5, 0.6) is 0 Å². The molecule has 0 aliphatic rings. The molecule has 1 aromatic rings. The molecule has 1 N–H and O–H groups in total. The first kappa shape index (κ1) is 14.0. The Morgan fingerprint density at radius 1 is 1.47 bits per heavy atom. The summed E-state index contributed by atoms with van der Waals surface area (Å²) < 4.78 is 50.7. The topological polar surface area (TPSA) is 29.9 Å². The van der Waals surface area contributed by atoms with Crippen molar-refractivity contribution in [1.82, 2.24) is 14.9 Å². The summed E-state index contributed by atoms with van der Waals surface area (Å²) in [6.45, 7) is 1.76. The van der Waals surface area contributed by atoms with Crippen molar-refractivity contribution in [3.8, 4) is 0 Å². The first-order valence-electron chi connectivity index (χ1n) is 5.33. The molecule has 1 aromatic heterocycles. The normalized spacial score (nSPS) is 12.4. The van der Waals surface area contributed by atoms with Crippen LogP contribution in [0.3, 0.4) is 0 Å². The molecule has 0 fully saturated rings. The number of aryl methyl sites for hydroxylation is 1. The standard InChI is InChI=1S/C10H15F4N3/c1-2-3-17-7-16-5-8(17)4-15-6-10(13,14)9(11)12/h5,7,9,15H,2-4,6H2,1H3. The number of rotatable bonds is 7. The van der Waals surface area contributed by atoms with Crippen LogP contribution >= 0.6 is 0 Å². The lowest BCUT2D eigenvalue weighted by atomic mass is 10.3. The lowest BCUT2D eigenvalue weighted by Crippen LogP contribution is -2.38. The number of hydrogen-bond acceptors (Lipinski definition) is 2. The Morgan fingerprint density at radius 3 is 2.76 bits per heavy atom. The highest BCUT2D eigenvalue weighted by atomic mass is 19.3. The zero-order chi connectivity index (χ0) is 12.9. The van der Waals surface area contributed by atoms with Crippen molar-refractivity contribution in [2.75, 3.05) is 6.54 Å². The molecule has 17 heavy (non-hydrogen) atoms. The molecular formula is C10H15F4N3. The first-order valence-corrected chi connectivity index (χ1v) is 5.33. The van der Waals surface area contributed by atoms with E-state index in [0.29, 0.717) is 5.69 Å². The van der Waals surface area contributed by atoms with Crippen LogP contribution < -0.4 is 5.32 Å². The Bertz CT molecular complexity index is 338. The van der Waals surface area contributed by atoms with Gasteiger partial charge in [-0.05, 0) is 6.42 Å². The summed E-state index contributed by atoms with van der Waals surface area (Å²) in [5.74, 6) is -3.99. The second kappa shape index (κ2) is 6.00. The van der Waals surface area contributed by atoms with E-state index in [1.54, 1.807) is 10.9 Å². The van der Waals surface area contributed by atoms with Crippen molar-refractivity contribution in [3.05, 3.63) is 18.2 Å². The zero-order valence-corrected chi connectivity index (χ0v) is 9.47. The predicted octanol–water partition coefficient (Wildman–Crippen LogP) is 2.28. The van der Waals surface area contributed by atoms with E-state index in [1.807, 2.05) is 6.92 Å². The van der Waals surface area contributed by atoms with Crippen LogP contribution in [0.2, 0.25) is 0 Å². The lowest BCUT2D eigenvalue weighted by Gasteiger charge is -2.16. The Labute approximate surface area is 96.8 Å². The van der Waals surface area contributed by atoms with Crippen molar-refractivity contribution in [2.24, 2.45) is 0 Å². The predicted molar refractivity (Wildman–Crippen MR) is 55.2 cm³/mol. The average Bonchev–Trinajstić information content (AvgIpc) is 2.66. The minimum atomic E-state index is -3.99. The third kappa shape index (κ3) is 3.99. The molecule has 1 heterocycles. The van der Waals surface area contributed by atoms with Gasteiger partial charge in [0.05, 0.1) is 18.6 Å². The van der Waals surface area contributed by atoms with E-state index >= 15 is 0 Å². The Kier molecular flexibility index (Phi) is 4.92. The van der Waals surface area contributed by atoms with E-state index in [9.17, 15) is 17.6 Å². The van der Waals surface area contributed by atoms with Crippen molar-refractivity contribution in [1.29, 1.82) is 0 Å². The molecule has 0 unspecified atom stereocenters. The molecule has 0 bridgehead atoms. The average molecular weight is 253 g/mol. The highest BCUT2D eigenvalue weighted by Gasteiger charge is 2.39. The number of imidazole rings is 1. The largest absolute Gasteiger partial charge is 0.333 e. The maximum absolute atomic E-state index is 12.6. The van der Waals surface area contributed by atoms with E-state index in [-0.39, 0.29) is 6.54 Å². The molecule has 0 radical (unpaired) electrons. The smallest absolute Gasteiger partial charge is 0.319 e. The molecule has 0 amide bonds. The van der Waals surface area contributed by atoms with Gasteiger partial charge in [-0.15, -0.1) is 0 Å². The maximum Gasteiger partial charge on any atom is 0.319 e. The molecule has 0 saturated carbocycles. The molecule has 3 nitrogen and oxygen atoms in total. The monoisotopic (exact) mass is 253 g/mol. The molecule has 0 aliphatic heterocycles. The fourth-order valence-corrected chi connectivity index (χ4v) is 1.37. The molecule has 0 saturated heterocycles. The summed E-state index contributed by atoms with van der Waals surface area (Å²) in [5, 5.41) is 2.32. The van der Waals surface area contributed by atoms with Crippen molar-refractivity contribution in [2.45, 2.75) is 38.8 Å². The van der Waals surface area contributed by atoms with Gasteiger partial charge < -0.3 is 9.88 Å². The number of nitrogens with zero attached hydrogens (tertiary/aromatic N) is 2. The summed E-state index contributed by atoms with van der Waals surface area (Å²) in [6, 6.07) is 0. The van der Waals surface area contributed by atoms with Gasteiger partial charge in [0.15, 0.2) is 0 Å². The SMILES string of the molecule is CCCn1cncc1CNCC(F)(F)C(F)F. The third-order valence-corrected chi connectivity index (χ3v) is 2.25. The number of alkyl halides is 4. The van der Waals surface area contributed by atoms with E-state index in [2.05, 4.69) is 10.3 Å². The summed E-state index contributed by atoms with van der Waals surface area (Å²) in [4.78, 5) is 3.88. The van der Waals surface area contributed by atoms with Gasteiger partial charge >= 0.3 is 12.3 Å². The molecule has 1 rings (SSSR count). The fraction of sp³-hybridized carbons (Fsp3) is 0.700. The van der Waals surface area contributed by atoms with Crippen LogP contribution in [0.15, 0.2) is 12.5 Å². The molecular weight excluding hydrogens is 238 g/mol. The maximum atomic E-state index is 12.6. The summed E-state index contributed by atoms with van der Waals surface area (Å²) >= 11 is 0. The molecule has 0 aromatic carbocycles. The van der Waals surface area contributed by atoms with E-state index in [4.69, 9.17) is 0 Å². The fourth-order valence-electron chi connectivity index (χ4n) is 1.37. The van der Waals surface area contributed by atoms with Crippen LogP contribution in [0.1, 0.15) is 19.0 Å². The van der Waals surface area contributed by atoms with Gasteiger partial charge in [0, 0.05) is 19.3 Å².